The van der Waals surface area contributed by atoms with Crippen molar-refractivity contribution in [1.82, 2.24) is 9.13 Å². The molecule has 0 aliphatic carbocycles. The van der Waals surface area contributed by atoms with E-state index in [1.165, 1.54) is 4.57 Å². The van der Waals surface area contributed by atoms with Crippen molar-refractivity contribution in [2.45, 2.75) is 33.4 Å². The van der Waals surface area contributed by atoms with Gasteiger partial charge in [0.05, 0.1) is 27.5 Å². The Kier molecular flexibility index (Phi) is 5.63. The molecule has 0 aliphatic heterocycles. The summed E-state index contributed by atoms with van der Waals surface area (Å²) in [6.45, 7) is 3.22. The molecule has 3 aromatic rings. The fourth-order valence-electron chi connectivity index (χ4n) is 3.38. The van der Waals surface area contributed by atoms with Gasteiger partial charge in [-0.1, -0.05) is 42.3 Å². The van der Waals surface area contributed by atoms with Crippen molar-refractivity contribution in [3.8, 4) is 0 Å². The predicted octanol–water partition coefficient (Wildman–Crippen LogP) is 3.47. The van der Waals surface area contributed by atoms with Crippen molar-refractivity contribution in [2.24, 2.45) is 0 Å². The van der Waals surface area contributed by atoms with Gasteiger partial charge < -0.3 is 5.11 Å². The first-order valence-electron chi connectivity index (χ1n) is 8.66. The molecular weight excluding hydrogens is 403 g/mol. The van der Waals surface area contributed by atoms with Gasteiger partial charge in [-0.3, -0.25) is 14.2 Å². The summed E-state index contributed by atoms with van der Waals surface area (Å²) < 4.78 is 2.17. The Bertz CT molecular complexity index is 1210. The summed E-state index contributed by atoms with van der Waals surface area (Å²) in [4.78, 5) is 37.2. The molecule has 6 nitrogen and oxygen atoms in total. The smallest absolute Gasteiger partial charge is 0.332 e. The molecule has 0 saturated carbocycles. The number of aryl methyl sites for hydroxylation is 2. The minimum Gasteiger partial charge on any atom is -0.480 e. The van der Waals surface area contributed by atoms with Crippen LogP contribution < -0.4 is 11.2 Å². The maximum atomic E-state index is 13.0. The minimum atomic E-state index is -1.26. The second kappa shape index (κ2) is 7.81. The Hall–Kier alpha value is -2.57. The average molecular weight is 421 g/mol. The van der Waals surface area contributed by atoms with E-state index < -0.39 is 23.8 Å². The average Bonchev–Trinajstić information content (AvgIpc) is 2.64. The first kappa shape index (κ1) is 20.2. The molecule has 0 unspecified atom stereocenters. The zero-order valence-electron chi connectivity index (χ0n) is 15.3. The molecule has 0 radical (unpaired) electrons. The van der Waals surface area contributed by atoms with Crippen LogP contribution in [0.5, 0.6) is 0 Å². The highest BCUT2D eigenvalue weighted by molar-refractivity contribution is 6.42. The van der Waals surface area contributed by atoms with Crippen molar-refractivity contribution in [2.75, 3.05) is 0 Å². The van der Waals surface area contributed by atoms with E-state index in [2.05, 4.69) is 0 Å². The topological polar surface area (TPSA) is 81.3 Å². The lowest BCUT2D eigenvalue weighted by atomic mass is 10.0. The number of carboxylic acid groups (broad SMARTS) is 1. The Morgan fingerprint density at radius 3 is 2.39 bits per heavy atom. The largest absolute Gasteiger partial charge is 0.480 e. The number of fused-ring (bicyclic) bond motifs is 1. The zero-order chi connectivity index (χ0) is 20.6. The maximum absolute atomic E-state index is 13.0. The van der Waals surface area contributed by atoms with Gasteiger partial charge in [0.2, 0.25) is 0 Å². The lowest BCUT2D eigenvalue weighted by molar-refractivity contribution is -0.137. The number of carbonyl (C=O) groups is 1. The van der Waals surface area contributed by atoms with Crippen molar-refractivity contribution in [1.29, 1.82) is 0 Å². The summed E-state index contributed by atoms with van der Waals surface area (Å²) in [5.41, 5.74) is 1.60. The van der Waals surface area contributed by atoms with E-state index >= 15 is 0 Å². The van der Waals surface area contributed by atoms with E-state index in [-0.39, 0.29) is 6.54 Å². The first-order chi connectivity index (χ1) is 13.2. The van der Waals surface area contributed by atoms with Crippen LogP contribution in [0.4, 0.5) is 0 Å². The van der Waals surface area contributed by atoms with Gasteiger partial charge in [0, 0.05) is 0 Å². The Morgan fingerprint density at radius 1 is 1.07 bits per heavy atom. The molecule has 0 aliphatic rings. The zero-order valence-corrected chi connectivity index (χ0v) is 16.8. The lowest BCUT2D eigenvalue weighted by Crippen LogP contribution is -2.42. The number of benzene rings is 2. The lowest BCUT2D eigenvalue weighted by Gasteiger charge is -2.16. The third-order valence-electron chi connectivity index (χ3n) is 4.71. The number of carboxylic acids is 1. The summed E-state index contributed by atoms with van der Waals surface area (Å²) in [7, 11) is 0. The molecular formula is C20H18Cl2N2O4. The summed E-state index contributed by atoms with van der Waals surface area (Å²) in [6.07, 6.45) is 0.580. The highest BCUT2D eigenvalue weighted by Crippen LogP contribution is 2.24. The number of nitrogens with zero attached hydrogens (tertiary/aromatic N) is 2. The molecule has 2 aromatic carbocycles. The van der Waals surface area contributed by atoms with Gasteiger partial charge in [0.1, 0.15) is 6.54 Å². The quantitative estimate of drug-likeness (QED) is 0.684. The third-order valence-corrected chi connectivity index (χ3v) is 5.45. The van der Waals surface area contributed by atoms with Gasteiger partial charge in [-0.05, 0) is 48.2 Å². The van der Waals surface area contributed by atoms with Gasteiger partial charge in [-0.25, -0.2) is 9.36 Å². The molecule has 28 heavy (non-hydrogen) atoms. The van der Waals surface area contributed by atoms with E-state index in [1.807, 2.05) is 19.9 Å². The number of halogens is 2. The summed E-state index contributed by atoms with van der Waals surface area (Å²) in [5.74, 6) is -1.26. The number of aliphatic carboxylic acids is 1. The van der Waals surface area contributed by atoms with Crippen molar-refractivity contribution in [3.05, 3.63) is 77.9 Å². The summed E-state index contributed by atoms with van der Waals surface area (Å²) in [6, 6.07) is 8.57. The molecule has 8 heteroatoms. The molecule has 0 saturated heterocycles. The fourth-order valence-corrected chi connectivity index (χ4v) is 3.70. The van der Waals surface area contributed by atoms with Crippen molar-refractivity contribution in [3.63, 3.8) is 0 Å². The van der Waals surface area contributed by atoms with Crippen LogP contribution in [0.3, 0.4) is 0 Å². The number of rotatable bonds is 5. The molecule has 0 bridgehead atoms. The molecule has 1 aromatic heterocycles. The van der Waals surface area contributed by atoms with E-state index in [4.69, 9.17) is 23.2 Å². The molecule has 0 spiro atoms. The van der Waals surface area contributed by atoms with Crippen molar-refractivity contribution < 1.29 is 9.90 Å². The molecule has 3 rings (SSSR count). The van der Waals surface area contributed by atoms with Gasteiger partial charge in [0.15, 0.2) is 0 Å². The number of hydrogen-bond donors (Lipinski definition) is 1. The third kappa shape index (κ3) is 3.57. The van der Waals surface area contributed by atoms with Crippen LogP contribution in [-0.4, -0.2) is 20.2 Å². The van der Waals surface area contributed by atoms with Gasteiger partial charge in [0.25, 0.3) is 5.56 Å². The van der Waals surface area contributed by atoms with Crippen LogP contribution in [0.1, 0.15) is 23.6 Å². The van der Waals surface area contributed by atoms with Gasteiger partial charge >= 0.3 is 11.7 Å². The summed E-state index contributed by atoms with van der Waals surface area (Å²) in [5, 5.41) is 10.3. The Labute approximate surface area is 170 Å². The van der Waals surface area contributed by atoms with E-state index in [0.29, 0.717) is 32.9 Å². The molecule has 0 fully saturated rings. The maximum Gasteiger partial charge on any atom is 0.332 e. The van der Waals surface area contributed by atoms with E-state index in [9.17, 15) is 19.5 Å². The van der Waals surface area contributed by atoms with Crippen molar-refractivity contribution >= 4 is 40.1 Å². The molecule has 146 valence electrons. The highest BCUT2D eigenvalue weighted by Gasteiger charge is 2.18. The number of aromatic nitrogens is 2. The fraction of sp³-hybridized carbons (Fsp3) is 0.250. The van der Waals surface area contributed by atoms with Gasteiger partial charge in [-0.15, -0.1) is 0 Å². The minimum absolute atomic E-state index is 0.123. The van der Waals surface area contributed by atoms with Gasteiger partial charge in [-0.2, -0.15) is 0 Å². The normalized spacial score (nSPS) is 11.1. The standard InChI is InChI=1S/C20H18Cl2N2O4/c1-3-13-11(2)4-7-16-18(13)19(27)24(10-17(25)26)20(28)23(16)9-12-5-6-14(21)15(22)8-12/h4-8H,3,9-10H2,1-2H3,(H,25,26). The van der Waals surface area contributed by atoms with Crippen LogP contribution in [0.2, 0.25) is 10.0 Å². The van der Waals surface area contributed by atoms with E-state index in [1.54, 1.807) is 24.3 Å². The molecule has 1 N–H and O–H groups in total. The highest BCUT2D eigenvalue weighted by atomic mass is 35.5. The summed E-state index contributed by atoms with van der Waals surface area (Å²) >= 11 is 12.0. The molecule has 0 atom stereocenters. The Morgan fingerprint density at radius 2 is 1.79 bits per heavy atom. The predicted molar refractivity (Wildman–Crippen MR) is 110 cm³/mol. The molecule has 1 heterocycles. The number of hydrogen-bond acceptors (Lipinski definition) is 3. The van der Waals surface area contributed by atoms with Crippen LogP contribution in [0, 0.1) is 6.92 Å². The van der Waals surface area contributed by atoms with Crippen LogP contribution >= 0.6 is 23.2 Å². The Balaban J connectivity index is 2.37. The van der Waals surface area contributed by atoms with Crippen LogP contribution in [0.25, 0.3) is 10.9 Å². The van der Waals surface area contributed by atoms with E-state index in [0.717, 1.165) is 15.7 Å². The second-order valence-electron chi connectivity index (χ2n) is 6.51. The van der Waals surface area contributed by atoms with Crippen LogP contribution in [-0.2, 0) is 24.3 Å². The monoisotopic (exact) mass is 420 g/mol. The first-order valence-corrected chi connectivity index (χ1v) is 9.41. The SMILES string of the molecule is CCc1c(C)ccc2c1c(=O)n(CC(=O)O)c(=O)n2Cc1ccc(Cl)c(Cl)c1. The molecule has 0 amide bonds. The second-order valence-corrected chi connectivity index (χ2v) is 7.33. The van der Waals surface area contributed by atoms with Crippen LogP contribution in [0.15, 0.2) is 39.9 Å².